The standard InChI is InChI=1S/C14H21NO3/c1-2-18-13(16)4-3-7-15-14(17)12-9-10-5-6-11(12)8-10/h5-6,10-12H,2-4,7-9H2,1H3,(H,15,17)/t10-,11-,12-/m0/s1. The average Bonchev–Trinajstić information content (AvgIpc) is 2.97. The summed E-state index contributed by atoms with van der Waals surface area (Å²) in [7, 11) is 0. The van der Waals surface area contributed by atoms with E-state index in [-0.39, 0.29) is 17.8 Å². The lowest BCUT2D eigenvalue weighted by atomic mass is 9.93. The number of esters is 1. The number of carbonyl (C=O) groups is 2. The van der Waals surface area contributed by atoms with Crippen molar-refractivity contribution >= 4 is 11.9 Å². The predicted molar refractivity (Wildman–Crippen MR) is 67.7 cm³/mol. The second-order valence-corrected chi connectivity index (χ2v) is 5.09. The minimum atomic E-state index is -0.186. The Morgan fingerprint density at radius 3 is 2.78 bits per heavy atom. The van der Waals surface area contributed by atoms with Crippen LogP contribution < -0.4 is 5.32 Å². The lowest BCUT2D eigenvalue weighted by Crippen LogP contribution is -2.33. The number of ether oxygens (including phenoxy) is 1. The zero-order chi connectivity index (χ0) is 13.0. The Morgan fingerprint density at radius 2 is 2.17 bits per heavy atom. The van der Waals surface area contributed by atoms with Gasteiger partial charge in [0, 0.05) is 18.9 Å². The van der Waals surface area contributed by atoms with Gasteiger partial charge in [0.15, 0.2) is 0 Å². The first-order chi connectivity index (χ1) is 8.70. The number of rotatable bonds is 6. The molecule has 0 spiro atoms. The summed E-state index contributed by atoms with van der Waals surface area (Å²) < 4.78 is 4.83. The zero-order valence-corrected chi connectivity index (χ0v) is 10.9. The highest BCUT2D eigenvalue weighted by Crippen LogP contribution is 2.43. The van der Waals surface area contributed by atoms with Crippen molar-refractivity contribution in [3.63, 3.8) is 0 Å². The highest BCUT2D eigenvalue weighted by molar-refractivity contribution is 5.80. The van der Waals surface area contributed by atoms with Gasteiger partial charge in [0.25, 0.3) is 0 Å². The fourth-order valence-corrected chi connectivity index (χ4v) is 2.89. The van der Waals surface area contributed by atoms with Gasteiger partial charge < -0.3 is 10.1 Å². The van der Waals surface area contributed by atoms with Gasteiger partial charge in [0.1, 0.15) is 0 Å². The van der Waals surface area contributed by atoms with E-state index >= 15 is 0 Å². The van der Waals surface area contributed by atoms with Crippen molar-refractivity contribution in [2.75, 3.05) is 13.2 Å². The fourth-order valence-electron chi connectivity index (χ4n) is 2.89. The Kier molecular flexibility index (Phi) is 4.39. The average molecular weight is 251 g/mol. The fraction of sp³-hybridized carbons (Fsp3) is 0.714. The summed E-state index contributed by atoms with van der Waals surface area (Å²) in [6.45, 7) is 2.78. The summed E-state index contributed by atoms with van der Waals surface area (Å²) >= 11 is 0. The van der Waals surface area contributed by atoms with E-state index < -0.39 is 0 Å². The van der Waals surface area contributed by atoms with Crippen LogP contribution in [0.5, 0.6) is 0 Å². The highest BCUT2D eigenvalue weighted by atomic mass is 16.5. The first-order valence-electron chi connectivity index (χ1n) is 6.82. The molecule has 2 bridgehead atoms. The molecule has 0 aromatic carbocycles. The Hall–Kier alpha value is -1.32. The van der Waals surface area contributed by atoms with Crippen LogP contribution in [0.2, 0.25) is 0 Å². The van der Waals surface area contributed by atoms with Gasteiger partial charge in [-0.1, -0.05) is 12.2 Å². The molecule has 0 aromatic heterocycles. The molecule has 1 fully saturated rings. The molecule has 18 heavy (non-hydrogen) atoms. The number of hydrogen-bond donors (Lipinski definition) is 1. The second-order valence-electron chi connectivity index (χ2n) is 5.09. The number of hydrogen-bond acceptors (Lipinski definition) is 3. The van der Waals surface area contributed by atoms with Crippen molar-refractivity contribution < 1.29 is 14.3 Å². The number of fused-ring (bicyclic) bond motifs is 2. The Labute approximate surface area is 108 Å². The minimum absolute atomic E-state index is 0.149. The van der Waals surface area contributed by atoms with Crippen molar-refractivity contribution in [2.45, 2.75) is 32.6 Å². The van der Waals surface area contributed by atoms with Gasteiger partial charge >= 0.3 is 5.97 Å². The zero-order valence-electron chi connectivity index (χ0n) is 10.9. The maximum absolute atomic E-state index is 11.9. The van der Waals surface area contributed by atoms with Crippen LogP contribution in [0.25, 0.3) is 0 Å². The van der Waals surface area contributed by atoms with E-state index in [0.29, 0.717) is 37.8 Å². The van der Waals surface area contributed by atoms with Crippen LogP contribution >= 0.6 is 0 Å². The molecule has 2 rings (SSSR count). The topological polar surface area (TPSA) is 55.4 Å². The molecule has 1 amide bonds. The van der Waals surface area contributed by atoms with Gasteiger partial charge in [0.2, 0.25) is 5.91 Å². The molecule has 0 unspecified atom stereocenters. The number of amides is 1. The summed E-state index contributed by atoms with van der Waals surface area (Å²) in [6.07, 6.45) is 7.57. The van der Waals surface area contributed by atoms with E-state index in [1.807, 2.05) is 0 Å². The summed E-state index contributed by atoms with van der Waals surface area (Å²) in [6, 6.07) is 0. The van der Waals surface area contributed by atoms with E-state index in [9.17, 15) is 9.59 Å². The molecule has 0 aliphatic heterocycles. The number of nitrogens with one attached hydrogen (secondary N) is 1. The van der Waals surface area contributed by atoms with Gasteiger partial charge in [-0.25, -0.2) is 0 Å². The molecule has 4 heteroatoms. The number of allylic oxidation sites excluding steroid dienone is 2. The summed E-state index contributed by atoms with van der Waals surface area (Å²) in [5, 5.41) is 2.93. The maximum Gasteiger partial charge on any atom is 0.305 e. The third kappa shape index (κ3) is 3.12. The van der Waals surface area contributed by atoms with Gasteiger partial charge in [-0.15, -0.1) is 0 Å². The van der Waals surface area contributed by atoms with E-state index in [2.05, 4.69) is 17.5 Å². The van der Waals surface area contributed by atoms with Gasteiger partial charge in [-0.3, -0.25) is 9.59 Å². The van der Waals surface area contributed by atoms with E-state index in [1.165, 1.54) is 0 Å². The normalized spacial score (nSPS) is 28.4. The lowest BCUT2D eigenvalue weighted by Gasteiger charge is -2.17. The predicted octanol–water partition coefficient (Wildman–Crippen LogP) is 1.66. The third-order valence-electron chi connectivity index (χ3n) is 3.78. The summed E-state index contributed by atoms with van der Waals surface area (Å²) in [5.41, 5.74) is 0. The molecule has 0 aromatic rings. The minimum Gasteiger partial charge on any atom is -0.466 e. The van der Waals surface area contributed by atoms with Gasteiger partial charge in [-0.05, 0) is 38.0 Å². The molecule has 2 aliphatic carbocycles. The smallest absolute Gasteiger partial charge is 0.305 e. The van der Waals surface area contributed by atoms with Crippen LogP contribution in [0.15, 0.2) is 12.2 Å². The molecule has 0 radical (unpaired) electrons. The highest BCUT2D eigenvalue weighted by Gasteiger charge is 2.39. The Bertz CT molecular complexity index is 351. The van der Waals surface area contributed by atoms with Crippen LogP contribution in [0, 0.1) is 17.8 Å². The van der Waals surface area contributed by atoms with E-state index in [1.54, 1.807) is 6.92 Å². The van der Waals surface area contributed by atoms with Gasteiger partial charge in [0.05, 0.1) is 6.61 Å². The van der Waals surface area contributed by atoms with Crippen LogP contribution in [-0.4, -0.2) is 25.0 Å². The quantitative estimate of drug-likeness (QED) is 0.444. The molecule has 100 valence electrons. The van der Waals surface area contributed by atoms with Crippen molar-refractivity contribution in [3.8, 4) is 0 Å². The molecule has 3 atom stereocenters. The summed E-state index contributed by atoms with van der Waals surface area (Å²) in [4.78, 5) is 23.0. The molecule has 0 heterocycles. The van der Waals surface area contributed by atoms with E-state index in [0.717, 1.165) is 12.8 Å². The molecular formula is C14H21NO3. The van der Waals surface area contributed by atoms with Crippen LogP contribution in [0.1, 0.15) is 32.6 Å². The Balaban J connectivity index is 1.61. The number of carbonyl (C=O) groups excluding carboxylic acids is 2. The van der Waals surface area contributed by atoms with Gasteiger partial charge in [-0.2, -0.15) is 0 Å². The molecule has 2 aliphatic rings. The maximum atomic E-state index is 11.9. The third-order valence-corrected chi connectivity index (χ3v) is 3.78. The first-order valence-corrected chi connectivity index (χ1v) is 6.82. The second kappa shape index (κ2) is 6.03. The largest absolute Gasteiger partial charge is 0.466 e. The molecule has 1 saturated carbocycles. The molecule has 4 nitrogen and oxygen atoms in total. The summed E-state index contributed by atoms with van der Waals surface area (Å²) in [5.74, 6) is 1.18. The van der Waals surface area contributed by atoms with Crippen molar-refractivity contribution in [2.24, 2.45) is 17.8 Å². The first kappa shape index (κ1) is 13.1. The van der Waals surface area contributed by atoms with Crippen LogP contribution in [0.4, 0.5) is 0 Å². The van der Waals surface area contributed by atoms with Crippen LogP contribution in [0.3, 0.4) is 0 Å². The van der Waals surface area contributed by atoms with Crippen molar-refractivity contribution in [3.05, 3.63) is 12.2 Å². The Morgan fingerprint density at radius 1 is 1.33 bits per heavy atom. The van der Waals surface area contributed by atoms with Crippen LogP contribution in [-0.2, 0) is 14.3 Å². The molecular weight excluding hydrogens is 230 g/mol. The molecule has 1 N–H and O–H groups in total. The van der Waals surface area contributed by atoms with Crippen molar-refractivity contribution in [1.29, 1.82) is 0 Å². The molecule has 0 saturated heterocycles. The SMILES string of the molecule is CCOC(=O)CCCNC(=O)[C@H]1C[C@H]2C=C[C@H]1C2. The lowest BCUT2D eigenvalue weighted by molar-refractivity contribution is -0.143. The monoisotopic (exact) mass is 251 g/mol. The van der Waals surface area contributed by atoms with Crippen molar-refractivity contribution in [1.82, 2.24) is 5.32 Å². The van der Waals surface area contributed by atoms with E-state index in [4.69, 9.17) is 4.74 Å².